The Morgan fingerprint density at radius 3 is 2.50 bits per heavy atom. The third-order valence-electron chi connectivity index (χ3n) is 4.01. The SMILES string of the molecule is CSc1ncc2cc(Oc3ccccc3F)c(=O)n(-c3ccc(F)cc3)c2n1. The highest BCUT2D eigenvalue weighted by Gasteiger charge is 2.16. The Labute approximate surface area is 162 Å². The Morgan fingerprint density at radius 1 is 1.04 bits per heavy atom. The maximum absolute atomic E-state index is 14.0. The molecule has 2 heterocycles. The van der Waals surface area contributed by atoms with Crippen molar-refractivity contribution in [2.45, 2.75) is 5.16 Å². The number of pyridine rings is 1. The average molecular weight is 397 g/mol. The minimum Gasteiger partial charge on any atom is -0.448 e. The quantitative estimate of drug-likeness (QED) is 0.373. The highest BCUT2D eigenvalue weighted by atomic mass is 32.2. The molecule has 0 fully saturated rings. The molecule has 28 heavy (non-hydrogen) atoms. The predicted octanol–water partition coefficient (Wildman–Crippen LogP) is 4.57. The van der Waals surface area contributed by atoms with Crippen LogP contribution in [0.1, 0.15) is 0 Å². The summed E-state index contributed by atoms with van der Waals surface area (Å²) in [6, 6.07) is 12.7. The summed E-state index contributed by atoms with van der Waals surface area (Å²) in [5.41, 5.74) is 0.200. The van der Waals surface area contributed by atoms with Gasteiger partial charge in [0.1, 0.15) is 5.82 Å². The summed E-state index contributed by atoms with van der Waals surface area (Å²) in [7, 11) is 0. The molecule has 0 unspecified atom stereocenters. The molecule has 2 aromatic heterocycles. The molecule has 0 atom stereocenters. The molecule has 0 spiro atoms. The molecule has 5 nitrogen and oxygen atoms in total. The van der Waals surface area contributed by atoms with E-state index in [1.807, 2.05) is 6.26 Å². The topological polar surface area (TPSA) is 57.0 Å². The van der Waals surface area contributed by atoms with Gasteiger partial charge in [0.15, 0.2) is 28.1 Å². The lowest BCUT2D eigenvalue weighted by atomic mass is 10.2. The maximum atomic E-state index is 14.0. The first-order valence-electron chi connectivity index (χ1n) is 8.22. The Bertz CT molecular complexity index is 1230. The molecule has 140 valence electrons. The zero-order chi connectivity index (χ0) is 19.7. The normalized spacial score (nSPS) is 11.0. The van der Waals surface area contributed by atoms with Gasteiger partial charge in [-0.15, -0.1) is 0 Å². The molecule has 0 saturated heterocycles. The van der Waals surface area contributed by atoms with Crippen molar-refractivity contribution in [3.8, 4) is 17.2 Å². The van der Waals surface area contributed by atoms with Crippen molar-refractivity contribution in [2.24, 2.45) is 0 Å². The lowest BCUT2D eigenvalue weighted by molar-refractivity contribution is 0.436. The van der Waals surface area contributed by atoms with Crippen molar-refractivity contribution < 1.29 is 13.5 Å². The number of hydrogen-bond acceptors (Lipinski definition) is 5. The third kappa shape index (κ3) is 3.34. The smallest absolute Gasteiger partial charge is 0.299 e. The summed E-state index contributed by atoms with van der Waals surface area (Å²) < 4.78 is 34.2. The van der Waals surface area contributed by atoms with Gasteiger partial charge in [-0.25, -0.2) is 18.7 Å². The summed E-state index contributed by atoms with van der Waals surface area (Å²) in [5.74, 6) is -1.20. The lowest BCUT2D eigenvalue weighted by Gasteiger charge is -2.13. The Morgan fingerprint density at radius 2 is 1.79 bits per heavy atom. The molecule has 8 heteroatoms. The molecular formula is C20H13F2N3O2S. The molecule has 0 saturated carbocycles. The number of nitrogens with zero attached hydrogens (tertiary/aromatic N) is 3. The number of rotatable bonds is 4. The van der Waals surface area contributed by atoms with Crippen LogP contribution in [0, 0.1) is 11.6 Å². The molecule has 4 rings (SSSR count). The van der Waals surface area contributed by atoms with Crippen LogP contribution in [0.15, 0.2) is 70.7 Å². The average Bonchev–Trinajstić information content (AvgIpc) is 2.71. The number of para-hydroxylation sites is 1. The number of benzene rings is 2. The third-order valence-corrected chi connectivity index (χ3v) is 4.57. The number of hydrogen-bond donors (Lipinski definition) is 0. The Balaban J connectivity index is 1.98. The molecule has 0 aliphatic heterocycles. The molecule has 0 aliphatic rings. The number of halogens is 2. The van der Waals surface area contributed by atoms with Crippen LogP contribution in [0.3, 0.4) is 0 Å². The van der Waals surface area contributed by atoms with Gasteiger partial charge in [0.05, 0.1) is 5.69 Å². The van der Waals surface area contributed by atoms with Crippen molar-refractivity contribution in [3.05, 3.63) is 82.8 Å². The first-order valence-corrected chi connectivity index (χ1v) is 9.44. The van der Waals surface area contributed by atoms with Gasteiger partial charge >= 0.3 is 0 Å². The highest BCUT2D eigenvalue weighted by Crippen LogP contribution is 2.26. The standard InChI is InChI=1S/C20H13F2N3O2S/c1-28-20-23-11-12-10-17(27-16-5-3-2-4-15(16)22)19(26)25(18(12)24-20)14-8-6-13(21)7-9-14/h2-11H,1H3. The highest BCUT2D eigenvalue weighted by molar-refractivity contribution is 7.98. The second-order valence-corrected chi connectivity index (χ2v) is 6.57. The first-order chi connectivity index (χ1) is 13.6. The van der Waals surface area contributed by atoms with Crippen molar-refractivity contribution in [2.75, 3.05) is 6.26 Å². The van der Waals surface area contributed by atoms with Gasteiger partial charge < -0.3 is 4.74 Å². The number of thioether (sulfide) groups is 1. The van der Waals surface area contributed by atoms with Crippen LogP contribution in [0.5, 0.6) is 11.5 Å². The number of aromatic nitrogens is 3. The number of fused-ring (bicyclic) bond motifs is 1. The molecule has 4 aromatic rings. The van der Waals surface area contributed by atoms with E-state index in [4.69, 9.17) is 4.74 Å². The molecule has 0 radical (unpaired) electrons. The summed E-state index contributed by atoms with van der Waals surface area (Å²) in [6.07, 6.45) is 3.37. The summed E-state index contributed by atoms with van der Waals surface area (Å²) in [6.45, 7) is 0. The van der Waals surface area contributed by atoms with Crippen molar-refractivity contribution in [3.63, 3.8) is 0 Å². The van der Waals surface area contributed by atoms with E-state index in [1.165, 1.54) is 64.9 Å². The van der Waals surface area contributed by atoms with E-state index in [1.54, 1.807) is 12.3 Å². The minimum absolute atomic E-state index is 0.0775. The van der Waals surface area contributed by atoms with Gasteiger partial charge in [-0.1, -0.05) is 23.9 Å². The van der Waals surface area contributed by atoms with E-state index in [0.29, 0.717) is 21.9 Å². The first kappa shape index (κ1) is 18.1. The second-order valence-electron chi connectivity index (χ2n) is 5.79. The fourth-order valence-corrected chi connectivity index (χ4v) is 3.04. The molecule has 0 N–H and O–H groups in total. The van der Waals surface area contributed by atoms with Crippen LogP contribution in [0.4, 0.5) is 8.78 Å². The monoisotopic (exact) mass is 397 g/mol. The Hall–Kier alpha value is -3.26. The van der Waals surface area contributed by atoms with E-state index >= 15 is 0 Å². The fraction of sp³-hybridized carbons (Fsp3) is 0.0500. The van der Waals surface area contributed by atoms with Crippen LogP contribution in [-0.2, 0) is 0 Å². The van der Waals surface area contributed by atoms with Gasteiger partial charge in [-0.3, -0.25) is 9.36 Å². The molecule has 0 amide bonds. The largest absolute Gasteiger partial charge is 0.448 e. The van der Waals surface area contributed by atoms with Crippen LogP contribution in [-0.4, -0.2) is 20.8 Å². The second kappa shape index (κ2) is 7.40. The van der Waals surface area contributed by atoms with Gasteiger partial charge in [-0.2, -0.15) is 0 Å². The van der Waals surface area contributed by atoms with Gasteiger partial charge in [0.2, 0.25) is 0 Å². The van der Waals surface area contributed by atoms with Crippen molar-refractivity contribution in [1.82, 2.24) is 14.5 Å². The lowest BCUT2D eigenvalue weighted by Crippen LogP contribution is -2.21. The molecular weight excluding hydrogens is 384 g/mol. The fourth-order valence-electron chi connectivity index (χ4n) is 2.70. The van der Waals surface area contributed by atoms with Gasteiger partial charge in [0, 0.05) is 11.6 Å². The van der Waals surface area contributed by atoms with Crippen molar-refractivity contribution in [1.29, 1.82) is 0 Å². The van der Waals surface area contributed by atoms with E-state index in [-0.39, 0.29) is 11.5 Å². The maximum Gasteiger partial charge on any atom is 0.299 e. The summed E-state index contributed by atoms with van der Waals surface area (Å²) in [4.78, 5) is 21.8. The van der Waals surface area contributed by atoms with E-state index in [0.717, 1.165) is 0 Å². The molecule has 2 aromatic carbocycles. The Kier molecular flexibility index (Phi) is 4.79. The zero-order valence-corrected chi connectivity index (χ0v) is 15.4. The molecule has 0 aliphatic carbocycles. The van der Waals surface area contributed by atoms with E-state index in [2.05, 4.69) is 9.97 Å². The van der Waals surface area contributed by atoms with Crippen molar-refractivity contribution >= 4 is 22.8 Å². The van der Waals surface area contributed by atoms with Crippen LogP contribution in [0.25, 0.3) is 16.7 Å². The van der Waals surface area contributed by atoms with Crippen LogP contribution < -0.4 is 10.3 Å². The zero-order valence-electron chi connectivity index (χ0n) is 14.6. The van der Waals surface area contributed by atoms with Gasteiger partial charge in [-0.05, 0) is 48.7 Å². The number of ether oxygens (including phenoxy) is 1. The summed E-state index contributed by atoms with van der Waals surface area (Å²) >= 11 is 1.33. The van der Waals surface area contributed by atoms with E-state index < -0.39 is 17.2 Å². The minimum atomic E-state index is -0.593. The van der Waals surface area contributed by atoms with Crippen LogP contribution >= 0.6 is 11.8 Å². The molecule has 0 bridgehead atoms. The predicted molar refractivity (Wildman–Crippen MR) is 103 cm³/mol. The van der Waals surface area contributed by atoms with Crippen LogP contribution in [0.2, 0.25) is 0 Å². The van der Waals surface area contributed by atoms with Gasteiger partial charge in [0.25, 0.3) is 5.56 Å². The van der Waals surface area contributed by atoms with E-state index in [9.17, 15) is 13.6 Å². The summed E-state index contributed by atoms with van der Waals surface area (Å²) in [5, 5.41) is 0.999.